The lowest BCUT2D eigenvalue weighted by molar-refractivity contribution is 0.0676. The molecule has 0 saturated heterocycles. The molecule has 0 aliphatic heterocycles. The molecule has 1 unspecified atom stereocenters. The third kappa shape index (κ3) is 2.13. The molecule has 2 aromatic heterocycles. The van der Waals surface area contributed by atoms with Crippen molar-refractivity contribution in [2.24, 2.45) is 0 Å². The first kappa shape index (κ1) is 12.3. The molecule has 1 atom stereocenters. The maximum Gasteiger partial charge on any atom is 0.336 e. The van der Waals surface area contributed by atoms with Gasteiger partial charge in [0.1, 0.15) is 5.60 Å². The van der Waals surface area contributed by atoms with E-state index in [2.05, 4.69) is 0 Å². The first-order valence-corrected chi connectivity index (χ1v) is 6.73. The SMILES string of the molecule is Cc1ccc(C(C)(O)c2sccc2C(=O)O)s1. The fraction of sp³-hybridized carbons (Fsp3) is 0.250. The molecule has 5 heteroatoms. The number of carboxylic acids is 1. The van der Waals surface area contributed by atoms with Gasteiger partial charge in [0.25, 0.3) is 0 Å². The molecule has 0 aliphatic carbocycles. The van der Waals surface area contributed by atoms with Gasteiger partial charge in [0.05, 0.1) is 10.4 Å². The minimum atomic E-state index is -1.24. The first-order chi connectivity index (χ1) is 7.93. The van der Waals surface area contributed by atoms with E-state index in [4.69, 9.17) is 5.11 Å². The average Bonchev–Trinajstić information content (AvgIpc) is 2.84. The Labute approximate surface area is 107 Å². The van der Waals surface area contributed by atoms with Crippen LogP contribution in [0, 0.1) is 6.92 Å². The van der Waals surface area contributed by atoms with Crippen molar-refractivity contribution in [3.8, 4) is 0 Å². The molecule has 0 aromatic carbocycles. The lowest BCUT2D eigenvalue weighted by Gasteiger charge is -2.21. The Morgan fingerprint density at radius 1 is 1.35 bits per heavy atom. The molecule has 2 rings (SSSR count). The van der Waals surface area contributed by atoms with Gasteiger partial charge in [-0.25, -0.2) is 4.79 Å². The Kier molecular flexibility index (Phi) is 3.07. The molecule has 90 valence electrons. The van der Waals surface area contributed by atoms with Gasteiger partial charge in [-0.2, -0.15) is 0 Å². The van der Waals surface area contributed by atoms with Gasteiger partial charge in [0.2, 0.25) is 0 Å². The first-order valence-electron chi connectivity index (χ1n) is 5.03. The zero-order chi connectivity index (χ0) is 12.6. The number of carboxylic acid groups (broad SMARTS) is 1. The summed E-state index contributed by atoms with van der Waals surface area (Å²) >= 11 is 2.74. The highest BCUT2D eigenvalue weighted by Crippen LogP contribution is 2.38. The van der Waals surface area contributed by atoms with Crippen molar-refractivity contribution in [3.05, 3.63) is 43.8 Å². The highest BCUT2D eigenvalue weighted by molar-refractivity contribution is 7.13. The summed E-state index contributed by atoms with van der Waals surface area (Å²) in [5.41, 5.74) is -1.06. The van der Waals surface area contributed by atoms with Crippen molar-refractivity contribution in [3.63, 3.8) is 0 Å². The van der Waals surface area contributed by atoms with Gasteiger partial charge in [0, 0.05) is 9.75 Å². The average molecular weight is 268 g/mol. The summed E-state index contributed by atoms with van der Waals surface area (Å²) in [6, 6.07) is 5.28. The summed E-state index contributed by atoms with van der Waals surface area (Å²) in [4.78, 5) is 13.4. The number of carbonyl (C=O) groups is 1. The molecule has 0 spiro atoms. The largest absolute Gasteiger partial charge is 0.478 e. The maximum atomic E-state index is 11.1. The van der Waals surface area contributed by atoms with E-state index in [1.54, 1.807) is 12.3 Å². The van der Waals surface area contributed by atoms with Gasteiger partial charge in [0.15, 0.2) is 0 Å². The molecule has 3 nitrogen and oxygen atoms in total. The van der Waals surface area contributed by atoms with Crippen LogP contribution >= 0.6 is 22.7 Å². The van der Waals surface area contributed by atoms with Crippen LogP contribution in [-0.2, 0) is 5.60 Å². The highest BCUT2D eigenvalue weighted by atomic mass is 32.1. The van der Waals surface area contributed by atoms with Crippen LogP contribution in [0.2, 0.25) is 0 Å². The van der Waals surface area contributed by atoms with E-state index >= 15 is 0 Å². The standard InChI is InChI=1S/C12H12O3S2/c1-7-3-4-9(17-7)12(2,15)10-8(11(13)14)5-6-16-10/h3-6,15H,1-2H3,(H,13,14). The molecular weight excluding hydrogens is 256 g/mol. The van der Waals surface area contributed by atoms with Crippen molar-refractivity contribution >= 4 is 28.6 Å². The van der Waals surface area contributed by atoms with Crippen molar-refractivity contribution < 1.29 is 15.0 Å². The predicted molar refractivity (Wildman–Crippen MR) is 69.0 cm³/mol. The zero-order valence-corrected chi connectivity index (χ0v) is 11.1. The number of hydrogen-bond acceptors (Lipinski definition) is 4. The highest BCUT2D eigenvalue weighted by Gasteiger charge is 2.32. The molecule has 0 aliphatic rings. The Morgan fingerprint density at radius 2 is 2.06 bits per heavy atom. The molecule has 0 saturated carbocycles. The normalized spacial score (nSPS) is 14.5. The Balaban J connectivity index is 2.51. The lowest BCUT2D eigenvalue weighted by Crippen LogP contribution is -2.22. The molecule has 17 heavy (non-hydrogen) atoms. The van der Waals surface area contributed by atoms with Crippen molar-refractivity contribution in [1.29, 1.82) is 0 Å². The number of aryl methyl sites for hydroxylation is 1. The summed E-state index contributed by atoms with van der Waals surface area (Å²) in [6.07, 6.45) is 0. The minimum Gasteiger partial charge on any atom is -0.478 e. The Bertz CT molecular complexity index is 552. The van der Waals surface area contributed by atoms with Crippen LogP contribution < -0.4 is 0 Å². The summed E-state index contributed by atoms with van der Waals surface area (Å²) < 4.78 is 0. The van der Waals surface area contributed by atoms with E-state index in [0.717, 1.165) is 9.75 Å². The zero-order valence-electron chi connectivity index (χ0n) is 9.43. The van der Waals surface area contributed by atoms with Gasteiger partial charge in [-0.15, -0.1) is 22.7 Å². The van der Waals surface area contributed by atoms with Gasteiger partial charge < -0.3 is 10.2 Å². The number of aliphatic hydroxyl groups is 1. The molecule has 2 N–H and O–H groups in total. The quantitative estimate of drug-likeness (QED) is 0.899. The Morgan fingerprint density at radius 3 is 2.59 bits per heavy atom. The number of rotatable bonds is 3. The summed E-state index contributed by atoms with van der Waals surface area (Å²) in [6.45, 7) is 3.59. The molecular formula is C12H12O3S2. The predicted octanol–water partition coefficient (Wildman–Crippen LogP) is 3.07. The van der Waals surface area contributed by atoms with E-state index in [-0.39, 0.29) is 5.56 Å². The monoisotopic (exact) mass is 268 g/mol. The van der Waals surface area contributed by atoms with Crippen LogP contribution in [0.3, 0.4) is 0 Å². The van der Waals surface area contributed by atoms with Crippen LogP contribution in [0.1, 0.15) is 31.9 Å². The van der Waals surface area contributed by atoms with Crippen molar-refractivity contribution in [2.75, 3.05) is 0 Å². The molecule has 2 aromatic rings. The van der Waals surface area contributed by atoms with Crippen LogP contribution in [0.15, 0.2) is 23.6 Å². The van der Waals surface area contributed by atoms with E-state index in [1.807, 2.05) is 19.1 Å². The summed E-state index contributed by atoms with van der Waals surface area (Å²) in [7, 11) is 0. The van der Waals surface area contributed by atoms with E-state index in [0.29, 0.717) is 4.88 Å². The molecule has 0 fully saturated rings. The molecule has 2 heterocycles. The Hall–Kier alpha value is -1.17. The number of aromatic carboxylic acids is 1. The number of hydrogen-bond donors (Lipinski definition) is 2. The van der Waals surface area contributed by atoms with Gasteiger partial charge in [-0.05, 0) is 37.4 Å². The van der Waals surface area contributed by atoms with Crippen LogP contribution in [0.4, 0.5) is 0 Å². The van der Waals surface area contributed by atoms with Crippen molar-refractivity contribution in [1.82, 2.24) is 0 Å². The third-order valence-corrected chi connectivity index (χ3v) is 4.89. The van der Waals surface area contributed by atoms with Gasteiger partial charge in [-0.3, -0.25) is 0 Å². The smallest absolute Gasteiger partial charge is 0.336 e. The maximum absolute atomic E-state index is 11.1. The van der Waals surface area contributed by atoms with E-state index in [9.17, 15) is 9.90 Å². The van der Waals surface area contributed by atoms with Gasteiger partial charge in [-0.1, -0.05) is 0 Å². The minimum absolute atomic E-state index is 0.172. The molecule has 0 bridgehead atoms. The fourth-order valence-electron chi connectivity index (χ4n) is 1.66. The van der Waals surface area contributed by atoms with Crippen molar-refractivity contribution in [2.45, 2.75) is 19.4 Å². The molecule has 0 radical (unpaired) electrons. The van der Waals surface area contributed by atoms with Crippen LogP contribution in [0.5, 0.6) is 0 Å². The van der Waals surface area contributed by atoms with Crippen LogP contribution in [-0.4, -0.2) is 16.2 Å². The summed E-state index contributed by atoms with van der Waals surface area (Å²) in [5, 5.41) is 21.3. The van der Waals surface area contributed by atoms with Gasteiger partial charge >= 0.3 is 5.97 Å². The van der Waals surface area contributed by atoms with Crippen LogP contribution in [0.25, 0.3) is 0 Å². The topological polar surface area (TPSA) is 57.5 Å². The lowest BCUT2D eigenvalue weighted by atomic mass is 9.99. The summed E-state index contributed by atoms with van der Waals surface area (Å²) in [5.74, 6) is -1.00. The third-order valence-electron chi connectivity index (χ3n) is 2.56. The van der Waals surface area contributed by atoms with E-state index < -0.39 is 11.6 Å². The molecule has 0 amide bonds. The second-order valence-electron chi connectivity index (χ2n) is 3.95. The second kappa shape index (κ2) is 4.25. The number of thiophene rings is 2. The fourth-order valence-corrected chi connectivity index (χ4v) is 3.61. The van der Waals surface area contributed by atoms with E-state index in [1.165, 1.54) is 28.7 Å². The second-order valence-corrected chi connectivity index (χ2v) is 6.16.